The third-order valence-electron chi connectivity index (χ3n) is 2.57. The molecule has 20 heavy (non-hydrogen) atoms. The lowest BCUT2D eigenvalue weighted by Gasteiger charge is -2.05. The molecule has 1 aromatic carbocycles. The summed E-state index contributed by atoms with van der Waals surface area (Å²) in [6, 6.07) is 6.97. The molecule has 0 unspecified atom stereocenters. The van der Waals surface area contributed by atoms with Crippen LogP contribution in [0.4, 0.5) is 0 Å². The summed E-state index contributed by atoms with van der Waals surface area (Å²) >= 11 is 11.9. The molecule has 1 aromatic heterocycles. The van der Waals surface area contributed by atoms with Crippen molar-refractivity contribution in [1.29, 1.82) is 0 Å². The molecule has 0 saturated heterocycles. The molecule has 0 aliphatic heterocycles. The van der Waals surface area contributed by atoms with Crippen molar-refractivity contribution in [2.45, 2.75) is 13.3 Å². The van der Waals surface area contributed by atoms with Crippen LogP contribution >= 0.6 is 23.2 Å². The fourth-order valence-corrected chi connectivity index (χ4v) is 1.97. The fourth-order valence-electron chi connectivity index (χ4n) is 1.67. The Hall–Kier alpha value is -1.65. The average molecular weight is 311 g/mol. The predicted molar refractivity (Wildman–Crippen MR) is 77.8 cm³/mol. The van der Waals surface area contributed by atoms with Crippen LogP contribution in [0.15, 0.2) is 30.6 Å². The van der Waals surface area contributed by atoms with Gasteiger partial charge in [-0.05, 0) is 25.1 Å². The molecule has 0 atom stereocenters. The summed E-state index contributed by atoms with van der Waals surface area (Å²) in [7, 11) is 0. The van der Waals surface area contributed by atoms with Gasteiger partial charge in [0.05, 0.1) is 34.5 Å². The van der Waals surface area contributed by atoms with Gasteiger partial charge in [-0.2, -0.15) is 0 Å². The van der Waals surface area contributed by atoms with Crippen LogP contribution in [0.2, 0.25) is 10.0 Å². The smallest absolute Gasteiger partial charge is 0.311 e. The molecule has 0 N–H and O–H groups in total. The molecule has 104 valence electrons. The van der Waals surface area contributed by atoms with Gasteiger partial charge >= 0.3 is 5.97 Å². The Kier molecular flexibility index (Phi) is 4.93. The Bertz CT molecular complexity index is 632. The molecule has 0 spiro atoms. The maximum Gasteiger partial charge on any atom is 0.311 e. The zero-order valence-electron chi connectivity index (χ0n) is 10.8. The third-order valence-corrected chi connectivity index (χ3v) is 3.31. The molecule has 2 aromatic rings. The second-order valence-corrected chi connectivity index (χ2v) is 4.82. The third kappa shape index (κ3) is 3.68. The highest BCUT2D eigenvalue weighted by Gasteiger charge is 2.08. The van der Waals surface area contributed by atoms with Crippen molar-refractivity contribution >= 4 is 29.2 Å². The van der Waals surface area contributed by atoms with E-state index in [0.29, 0.717) is 28.0 Å². The first kappa shape index (κ1) is 14.8. The summed E-state index contributed by atoms with van der Waals surface area (Å²) in [4.78, 5) is 19.7. The van der Waals surface area contributed by atoms with Gasteiger partial charge in [-0.1, -0.05) is 29.3 Å². The molecule has 0 fully saturated rings. The number of aromatic nitrogens is 2. The van der Waals surface area contributed by atoms with E-state index >= 15 is 0 Å². The number of ether oxygens (including phenoxy) is 1. The van der Waals surface area contributed by atoms with Gasteiger partial charge in [-0.25, -0.2) is 9.97 Å². The standard InChI is InChI=1S/C14H12Cl2N2O2/c1-2-20-14(19)7-10-6-13(18-8-17-10)9-3-4-11(15)12(16)5-9/h3-6,8H,2,7H2,1H3. The van der Waals surface area contributed by atoms with E-state index in [9.17, 15) is 4.79 Å². The molecule has 1 heterocycles. The molecule has 0 aliphatic carbocycles. The number of halogens is 2. The zero-order chi connectivity index (χ0) is 14.5. The van der Waals surface area contributed by atoms with Crippen LogP contribution in [0, 0.1) is 0 Å². The summed E-state index contributed by atoms with van der Waals surface area (Å²) < 4.78 is 4.89. The fraction of sp³-hybridized carbons (Fsp3) is 0.214. The molecular weight excluding hydrogens is 299 g/mol. The molecule has 0 saturated carbocycles. The topological polar surface area (TPSA) is 52.1 Å². The number of esters is 1. The van der Waals surface area contributed by atoms with Crippen LogP contribution in [0.5, 0.6) is 0 Å². The highest BCUT2D eigenvalue weighted by atomic mass is 35.5. The lowest BCUT2D eigenvalue weighted by atomic mass is 10.1. The van der Waals surface area contributed by atoms with Gasteiger partial charge in [0.15, 0.2) is 0 Å². The van der Waals surface area contributed by atoms with E-state index in [1.54, 1.807) is 25.1 Å². The van der Waals surface area contributed by atoms with Crippen LogP contribution in [0.1, 0.15) is 12.6 Å². The number of carbonyl (C=O) groups is 1. The van der Waals surface area contributed by atoms with Gasteiger partial charge in [0.2, 0.25) is 0 Å². The van der Waals surface area contributed by atoms with Gasteiger partial charge in [0.1, 0.15) is 6.33 Å². The van der Waals surface area contributed by atoms with Crippen molar-refractivity contribution in [3.8, 4) is 11.3 Å². The number of hydrogen-bond donors (Lipinski definition) is 0. The highest BCUT2D eigenvalue weighted by molar-refractivity contribution is 6.42. The molecular formula is C14H12Cl2N2O2. The van der Waals surface area contributed by atoms with Crippen molar-refractivity contribution in [2.75, 3.05) is 6.61 Å². The average Bonchev–Trinajstić information content (AvgIpc) is 2.42. The zero-order valence-corrected chi connectivity index (χ0v) is 12.3. The lowest BCUT2D eigenvalue weighted by Crippen LogP contribution is -2.09. The second-order valence-electron chi connectivity index (χ2n) is 4.01. The Morgan fingerprint density at radius 2 is 2.00 bits per heavy atom. The van der Waals surface area contributed by atoms with Gasteiger partial charge in [-0.3, -0.25) is 4.79 Å². The molecule has 6 heteroatoms. The predicted octanol–water partition coefficient (Wildman–Crippen LogP) is 3.56. The maximum atomic E-state index is 11.4. The van der Waals surface area contributed by atoms with E-state index in [-0.39, 0.29) is 12.4 Å². The Labute approximate surface area is 126 Å². The molecule has 0 radical (unpaired) electrons. The van der Waals surface area contributed by atoms with Crippen molar-refractivity contribution in [1.82, 2.24) is 9.97 Å². The van der Waals surface area contributed by atoms with Crippen LogP contribution < -0.4 is 0 Å². The number of benzene rings is 1. The molecule has 0 amide bonds. The minimum atomic E-state index is -0.314. The van der Waals surface area contributed by atoms with E-state index in [1.807, 2.05) is 6.07 Å². The molecule has 0 bridgehead atoms. The lowest BCUT2D eigenvalue weighted by molar-refractivity contribution is -0.142. The molecule has 0 aliphatic rings. The number of rotatable bonds is 4. The Morgan fingerprint density at radius 3 is 2.70 bits per heavy atom. The molecule has 4 nitrogen and oxygen atoms in total. The number of carbonyl (C=O) groups excluding carboxylic acids is 1. The van der Waals surface area contributed by atoms with E-state index in [4.69, 9.17) is 27.9 Å². The van der Waals surface area contributed by atoms with Gasteiger partial charge in [-0.15, -0.1) is 0 Å². The van der Waals surface area contributed by atoms with Gasteiger partial charge in [0.25, 0.3) is 0 Å². The first-order valence-electron chi connectivity index (χ1n) is 6.02. The Balaban J connectivity index is 2.25. The van der Waals surface area contributed by atoms with E-state index < -0.39 is 0 Å². The summed E-state index contributed by atoms with van der Waals surface area (Å²) in [5.41, 5.74) is 2.09. The van der Waals surface area contributed by atoms with Crippen molar-refractivity contribution in [3.63, 3.8) is 0 Å². The van der Waals surface area contributed by atoms with E-state index in [1.165, 1.54) is 6.33 Å². The SMILES string of the molecule is CCOC(=O)Cc1cc(-c2ccc(Cl)c(Cl)c2)ncn1. The van der Waals surface area contributed by atoms with Crippen LogP contribution in [0.25, 0.3) is 11.3 Å². The van der Waals surface area contributed by atoms with E-state index in [0.717, 1.165) is 5.56 Å². The van der Waals surface area contributed by atoms with E-state index in [2.05, 4.69) is 9.97 Å². The number of hydrogen-bond acceptors (Lipinski definition) is 4. The largest absolute Gasteiger partial charge is 0.466 e. The van der Waals surface area contributed by atoms with Crippen LogP contribution in [0.3, 0.4) is 0 Å². The minimum Gasteiger partial charge on any atom is -0.466 e. The summed E-state index contributed by atoms with van der Waals surface area (Å²) in [6.07, 6.45) is 1.52. The van der Waals surface area contributed by atoms with Gasteiger partial charge in [0, 0.05) is 5.56 Å². The second kappa shape index (κ2) is 6.68. The van der Waals surface area contributed by atoms with Crippen LogP contribution in [-0.4, -0.2) is 22.5 Å². The quantitative estimate of drug-likeness (QED) is 0.810. The Morgan fingerprint density at radius 1 is 1.20 bits per heavy atom. The minimum absolute atomic E-state index is 0.116. The van der Waals surface area contributed by atoms with Crippen molar-refractivity contribution in [3.05, 3.63) is 46.3 Å². The van der Waals surface area contributed by atoms with Gasteiger partial charge < -0.3 is 4.74 Å². The molecule has 2 rings (SSSR count). The van der Waals surface area contributed by atoms with Crippen LogP contribution in [-0.2, 0) is 16.0 Å². The maximum absolute atomic E-state index is 11.4. The van der Waals surface area contributed by atoms with Crippen molar-refractivity contribution < 1.29 is 9.53 Å². The van der Waals surface area contributed by atoms with Crippen molar-refractivity contribution in [2.24, 2.45) is 0 Å². The summed E-state index contributed by atoms with van der Waals surface area (Å²) in [5, 5.41) is 0.936. The number of nitrogens with zero attached hydrogens (tertiary/aromatic N) is 2. The summed E-state index contributed by atoms with van der Waals surface area (Å²) in [6.45, 7) is 2.11. The first-order valence-corrected chi connectivity index (χ1v) is 6.77. The normalized spacial score (nSPS) is 10.3. The first-order chi connectivity index (χ1) is 9.60. The highest BCUT2D eigenvalue weighted by Crippen LogP contribution is 2.27. The summed E-state index contributed by atoms with van der Waals surface area (Å²) in [5.74, 6) is -0.314. The monoisotopic (exact) mass is 310 g/mol.